The highest BCUT2D eigenvalue weighted by Gasteiger charge is 2.23. The molecule has 80 valence electrons. The molecule has 0 radical (unpaired) electrons. The van der Waals surface area contributed by atoms with Crippen LogP contribution in [0, 0.1) is 5.92 Å². The molecule has 1 aliphatic carbocycles. The van der Waals surface area contributed by atoms with E-state index in [1.165, 1.54) is 6.42 Å². The molecule has 0 amide bonds. The summed E-state index contributed by atoms with van der Waals surface area (Å²) in [5.74, 6) is 1.04. The van der Waals surface area contributed by atoms with Crippen LogP contribution in [0.15, 0.2) is 29.3 Å². The van der Waals surface area contributed by atoms with E-state index in [0.29, 0.717) is 16.8 Å². The highest BCUT2D eigenvalue weighted by molar-refractivity contribution is 6.30. The third-order valence-electron chi connectivity index (χ3n) is 2.68. The van der Waals surface area contributed by atoms with Gasteiger partial charge in [-0.25, -0.2) is 4.99 Å². The fraction of sp³-hybridized carbons (Fsp3) is 0.364. The topological polar surface area (TPSA) is 44.6 Å². The monoisotopic (exact) mass is 224 g/mol. The molecule has 3 nitrogen and oxygen atoms in total. The number of benzene rings is 1. The van der Waals surface area contributed by atoms with Crippen molar-refractivity contribution in [2.75, 3.05) is 0 Å². The van der Waals surface area contributed by atoms with E-state index in [4.69, 9.17) is 16.8 Å². The smallest absolute Gasteiger partial charge is 0.129 e. The summed E-state index contributed by atoms with van der Waals surface area (Å²) in [5.41, 5.74) is 2.99. The Bertz CT molecular complexity index is 357. The molecule has 1 fully saturated rings. The van der Waals surface area contributed by atoms with Gasteiger partial charge in [0.05, 0.1) is 5.69 Å². The normalized spacial score (nSPS) is 17.3. The second kappa shape index (κ2) is 4.64. The van der Waals surface area contributed by atoms with Crippen molar-refractivity contribution in [3.05, 3.63) is 29.3 Å². The Kier molecular flexibility index (Phi) is 3.23. The number of halogens is 1. The summed E-state index contributed by atoms with van der Waals surface area (Å²) in [7, 11) is 0. The standard InChI is InChI=1S/C11H13ClN2O/c12-9-4-6-10(7-5-9)13-11(14-15)8-2-1-3-8/h4-8,15H,1-3H2,(H,13,14). The summed E-state index contributed by atoms with van der Waals surface area (Å²) in [4.78, 5) is 4.34. The lowest BCUT2D eigenvalue weighted by Gasteiger charge is -2.25. The fourth-order valence-electron chi connectivity index (χ4n) is 1.54. The van der Waals surface area contributed by atoms with Gasteiger partial charge < -0.3 is 0 Å². The minimum Gasteiger partial charge on any atom is -0.290 e. The van der Waals surface area contributed by atoms with Crippen LogP contribution in [0.1, 0.15) is 19.3 Å². The molecular formula is C11H13ClN2O. The van der Waals surface area contributed by atoms with Crippen LogP contribution in [-0.4, -0.2) is 11.0 Å². The summed E-state index contributed by atoms with van der Waals surface area (Å²) < 4.78 is 0. The zero-order chi connectivity index (χ0) is 10.7. The highest BCUT2D eigenvalue weighted by Crippen LogP contribution is 2.28. The van der Waals surface area contributed by atoms with E-state index in [1.807, 2.05) is 12.1 Å². The summed E-state index contributed by atoms with van der Waals surface area (Å²) >= 11 is 5.77. The first-order chi connectivity index (χ1) is 7.29. The molecule has 1 aliphatic rings. The average Bonchev–Trinajstić information content (AvgIpc) is 2.17. The number of amidine groups is 1. The lowest BCUT2D eigenvalue weighted by atomic mass is 9.84. The number of hydrogen-bond acceptors (Lipinski definition) is 2. The van der Waals surface area contributed by atoms with Gasteiger partial charge in [0.15, 0.2) is 0 Å². The summed E-state index contributed by atoms with van der Waals surface area (Å²) in [6.07, 6.45) is 3.41. The summed E-state index contributed by atoms with van der Waals surface area (Å²) in [5, 5.41) is 9.66. The van der Waals surface area contributed by atoms with E-state index in [9.17, 15) is 0 Å². The molecule has 1 aromatic carbocycles. The van der Waals surface area contributed by atoms with E-state index < -0.39 is 0 Å². The van der Waals surface area contributed by atoms with E-state index in [-0.39, 0.29) is 0 Å². The Balaban J connectivity index is 2.15. The number of aliphatic imine (C=N–C) groups is 1. The maximum absolute atomic E-state index is 8.97. The van der Waals surface area contributed by atoms with Crippen LogP contribution in [0.3, 0.4) is 0 Å². The third kappa shape index (κ3) is 2.49. The zero-order valence-corrected chi connectivity index (χ0v) is 9.04. The number of nitrogens with zero attached hydrogens (tertiary/aromatic N) is 1. The molecule has 1 saturated carbocycles. The second-order valence-electron chi connectivity index (χ2n) is 3.71. The quantitative estimate of drug-likeness (QED) is 0.461. The molecule has 0 heterocycles. The van der Waals surface area contributed by atoms with Crippen molar-refractivity contribution >= 4 is 23.1 Å². The number of hydrogen-bond donors (Lipinski definition) is 2. The van der Waals surface area contributed by atoms with Crippen LogP contribution >= 0.6 is 11.6 Å². The maximum Gasteiger partial charge on any atom is 0.129 e. The van der Waals surface area contributed by atoms with Crippen molar-refractivity contribution in [1.29, 1.82) is 0 Å². The highest BCUT2D eigenvalue weighted by atomic mass is 35.5. The Hall–Kier alpha value is -1.06. The predicted octanol–water partition coefficient (Wildman–Crippen LogP) is 3.15. The van der Waals surface area contributed by atoms with Gasteiger partial charge >= 0.3 is 0 Å². The van der Waals surface area contributed by atoms with Crippen LogP contribution < -0.4 is 5.48 Å². The molecule has 0 bridgehead atoms. The van der Waals surface area contributed by atoms with E-state index >= 15 is 0 Å². The molecule has 0 saturated heterocycles. The van der Waals surface area contributed by atoms with Gasteiger partial charge in [-0.3, -0.25) is 10.7 Å². The van der Waals surface area contributed by atoms with Crippen LogP contribution in [0.4, 0.5) is 5.69 Å². The Morgan fingerprint density at radius 3 is 2.47 bits per heavy atom. The molecular weight excluding hydrogens is 212 g/mol. The molecule has 4 heteroatoms. The van der Waals surface area contributed by atoms with Crippen LogP contribution in [0.2, 0.25) is 5.02 Å². The van der Waals surface area contributed by atoms with Crippen molar-refractivity contribution in [3.63, 3.8) is 0 Å². The van der Waals surface area contributed by atoms with E-state index in [2.05, 4.69) is 10.5 Å². The molecule has 0 aromatic heterocycles. The van der Waals surface area contributed by atoms with Gasteiger partial charge in [-0.15, -0.1) is 0 Å². The Labute approximate surface area is 93.7 Å². The first-order valence-electron chi connectivity index (χ1n) is 5.04. The van der Waals surface area contributed by atoms with E-state index in [0.717, 1.165) is 18.5 Å². The zero-order valence-electron chi connectivity index (χ0n) is 8.28. The van der Waals surface area contributed by atoms with Crippen LogP contribution in [0.5, 0.6) is 0 Å². The Morgan fingerprint density at radius 2 is 2.00 bits per heavy atom. The van der Waals surface area contributed by atoms with Gasteiger partial charge in [0.25, 0.3) is 0 Å². The molecule has 2 N–H and O–H groups in total. The van der Waals surface area contributed by atoms with Gasteiger partial charge in [0.2, 0.25) is 0 Å². The molecule has 0 unspecified atom stereocenters. The van der Waals surface area contributed by atoms with Crippen molar-refractivity contribution in [3.8, 4) is 0 Å². The van der Waals surface area contributed by atoms with Gasteiger partial charge in [-0.2, -0.15) is 0 Å². The largest absolute Gasteiger partial charge is 0.290 e. The number of nitrogens with one attached hydrogen (secondary N) is 1. The summed E-state index contributed by atoms with van der Waals surface area (Å²) in [6, 6.07) is 7.24. The van der Waals surface area contributed by atoms with Gasteiger partial charge in [-0.1, -0.05) is 18.0 Å². The van der Waals surface area contributed by atoms with Gasteiger partial charge in [0, 0.05) is 10.9 Å². The van der Waals surface area contributed by atoms with Crippen LogP contribution in [0.25, 0.3) is 0 Å². The van der Waals surface area contributed by atoms with Crippen molar-refractivity contribution in [2.24, 2.45) is 10.9 Å². The third-order valence-corrected chi connectivity index (χ3v) is 2.93. The second-order valence-corrected chi connectivity index (χ2v) is 4.15. The molecule has 0 atom stereocenters. The van der Waals surface area contributed by atoms with Gasteiger partial charge in [-0.05, 0) is 37.1 Å². The SMILES string of the molecule is ONC(=Nc1ccc(Cl)cc1)C1CCC1. The molecule has 2 rings (SSSR count). The number of rotatable bonds is 2. The summed E-state index contributed by atoms with van der Waals surface area (Å²) in [6.45, 7) is 0. The lowest BCUT2D eigenvalue weighted by molar-refractivity contribution is 0.218. The lowest BCUT2D eigenvalue weighted by Crippen LogP contribution is -2.32. The van der Waals surface area contributed by atoms with Crippen molar-refractivity contribution in [2.45, 2.75) is 19.3 Å². The molecule has 0 spiro atoms. The van der Waals surface area contributed by atoms with E-state index in [1.54, 1.807) is 12.1 Å². The molecule has 1 aromatic rings. The minimum absolute atomic E-state index is 0.380. The maximum atomic E-state index is 8.97. The minimum atomic E-state index is 0.380. The first-order valence-corrected chi connectivity index (χ1v) is 5.41. The van der Waals surface area contributed by atoms with Gasteiger partial charge in [0.1, 0.15) is 5.84 Å². The predicted molar refractivity (Wildman–Crippen MR) is 60.8 cm³/mol. The molecule has 0 aliphatic heterocycles. The number of hydroxylamine groups is 1. The first kappa shape index (κ1) is 10.5. The molecule has 15 heavy (non-hydrogen) atoms. The van der Waals surface area contributed by atoms with Crippen molar-refractivity contribution in [1.82, 2.24) is 5.48 Å². The van der Waals surface area contributed by atoms with Crippen molar-refractivity contribution < 1.29 is 5.21 Å². The average molecular weight is 225 g/mol. The Morgan fingerprint density at radius 1 is 1.33 bits per heavy atom. The fourth-order valence-corrected chi connectivity index (χ4v) is 1.67. The van der Waals surface area contributed by atoms with Crippen LogP contribution in [-0.2, 0) is 0 Å².